The lowest BCUT2D eigenvalue weighted by Gasteiger charge is -2.13. The minimum Gasteiger partial charge on any atom is -0.366 e. The molecule has 0 spiro atoms. The Bertz CT molecular complexity index is 1030. The van der Waals surface area contributed by atoms with Crippen molar-refractivity contribution in [1.29, 1.82) is 0 Å². The molecule has 4 rings (SSSR count). The van der Waals surface area contributed by atoms with Crippen LogP contribution >= 0.6 is 34.7 Å². The quantitative estimate of drug-likeness (QED) is 0.663. The van der Waals surface area contributed by atoms with E-state index in [1.165, 1.54) is 10.9 Å². The summed E-state index contributed by atoms with van der Waals surface area (Å²) in [7, 11) is 0. The highest BCUT2D eigenvalue weighted by atomic mass is 35.5. The van der Waals surface area contributed by atoms with E-state index >= 15 is 0 Å². The summed E-state index contributed by atoms with van der Waals surface area (Å²) in [5, 5.41) is 4.05. The number of primary amides is 1. The van der Waals surface area contributed by atoms with E-state index in [9.17, 15) is 9.59 Å². The van der Waals surface area contributed by atoms with E-state index in [1.54, 1.807) is 23.5 Å². The summed E-state index contributed by atoms with van der Waals surface area (Å²) in [5.74, 6) is 1.16. The maximum Gasteiger partial charge on any atom is 0.258 e. The predicted molar refractivity (Wildman–Crippen MR) is 111 cm³/mol. The molecule has 0 atom stereocenters. The molecule has 1 aromatic carbocycles. The van der Waals surface area contributed by atoms with E-state index in [0.717, 1.165) is 28.5 Å². The van der Waals surface area contributed by atoms with E-state index in [2.05, 4.69) is 5.32 Å². The molecule has 2 amide bonds. The summed E-state index contributed by atoms with van der Waals surface area (Å²) in [6.07, 6.45) is 4.77. The van der Waals surface area contributed by atoms with Gasteiger partial charge < -0.3 is 15.6 Å². The molecule has 27 heavy (non-hydrogen) atoms. The summed E-state index contributed by atoms with van der Waals surface area (Å²) in [5.41, 5.74) is 7.87. The van der Waals surface area contributed by atoms with Gasteiger partial charge in [0, 0.05) is 28.7 Å². The Morgan fingerprint density at radius 3 is 2.70 bits per heavy atom. The second-order valence-electron chi connectivity index (χ2n) is 6.09. The second-order valence-corrected chi connectivity index (χ2v) is 8.69. The van der Waals surface area contributed by atoms with Crippen LogP contribution in [0.5, 0.6) is 0 Å². The highest BCUT2D eigenvalue weighted by molar-refractivity contribution is 7.98. The van der Waals surface area contributed by atoms with Gasteiger partial charge in [0.15, 0.2) is 0 Å². The van der Waals surface area contributed by atoms with Crippen LogP contribution in [0, 0.1) is 0 Å². The molecular formula is C19H16ClN3O2S2. The largest absolute Gasteiger partial charge is 0.366 e. The zero-order valence-corrected chi connectivity index (χ0v) is 16.6. The van der Waals surface area contributed by atoms with Gasteiger partial charge in [0.1, 0.15) is 5.00 Å². The van der Waals surface area contributed by atoms with Crippen molar-refractivity contribution in [3.05, 3.63) is 69.3 Å². The molecule has 3 aromatic rings. The van der Waals surface area contributed by atoms with Crippen molar-refractivity contribution in [2.24, 2.45) is 5.73 Å². The van der Waals surface area contributed by atoms with Crippen molar-refractivity contribution < 1.29 is 9.59 Å². The molecule has 0 bridgehead atoms. The van der Waals surface area contributed by atoms with Gasteiger partial charge in [-0.25, -0.2) is 0 Å². The number of nitrogens with zero attached hydrogens (tertiary/aromatic N) is 1. The first-order chi connectivity index (χ1) is 13.0. The molecule has 3 N–H and O–H groups in total. The molecule has 0 aliphatic carbocycles. The number of halogens is 1. The number of rotatable bonds is 4. The maximum atomic E-state index is 13.1. The van der Waals surface area contributed by atoms with Gasteiger partial charge in [-0.1, -0.05) is 11.6 Å². The molecule has 1 aliphatic heterocycles. The molecule has 1 aliphatic rings. The van der Waals surface area contributed by atoms with E-state index in [4.69, 9.17) is 17.3 Å². The van der Waals surface area contributed by atoms with Crippen LogP contribution in [0.4, 0.5) is 5.69 Å². The number of nitrogens with two attached hydrogens (primary N) is 1. The number of thiophene rings is 1. The number of benzene rings is 1. The first-order valence-corrected chi connectivity index (χ1v) is 10.7. The summed E-state index contributed by atoms with van der Waals surface area (Å²) in [6.45, 7) is 0. The molecule has 0 unspecified atom stereocenters. The van der Waals surface area contributed by atoms with Gasteiger partial charge in [0.05, 0.1) is 16.1 Å². The topological polar surface area (TPSA) is 77.1 Å². The van der Waals surface area contributed by atoms with Crippen LogP contribution in [0.15, 0.2) is 42.7 Å². The van der Waals surface area contributed by atoms with Crippen molar-refractivity contribution in [3.8, 4) is 5.00 Å². The van der Waals surface area contributed by atoms with E-state index in [1.807, 2.05) is 40.9 Å². The van der Waals surface area contributed by atoms with Crippen LogP contribution in [0.3, 0.4) is 0 Å². The molecule has 5 nitrogen and oxygen atoms in total. The van der Waals surface area contributed by atoms with E-state index in [0.29, 0.717) is 11.3 Å². The lowest BCUT2D eigenvalue weighted by Crippen LogP contribution is -2.17. The predicted octanol–water partition coefficient (Wildman–Crippen LogP) is 4.33. The van der Waals surface area contributed by atoms with Crippen LogP contribution in [0.25, 0.3) is 5.00 Å². The number of thioether (sulfide) groups is 1. The Balaban J connectivity index is 1.70. The molecule has 8 heteroatoms. The third kappa shape index (κ3) is 3.50. The lowest BCUT2D eigenvalue weighted by atomic mass is 10.1. The maximum absolute atomic E-state index is 13.1. The number of nitrogens with one attached hydrogen (secondary N) is 1. The smallest absolute Gasteiger partial charge is 0.258 e. The Hall–Kier alpha value is -2.22. The van der Waals surface area contributed by atoms with Crippen molar-refractivity contribution >= 4 is 52.2 Å². The Kier molecular flexibility index (Phi) is 4.99. The highest BCUT2D eigenvalue weighted by Crippen LogP contribution is 2.38. The molecule has 138 valence electrons. The summed E-state index contributed by atoms with van der Waals surface area (Å²) in [4.78, 5) is 25.7. The van der Waals surface area contributed by atoms with Crippen molar-refractivity contribution in [2.75, 3.05) is 11.1 Å². The van der Waals surface area contributed by atoms with Crippen LogP contribution in [0.2, 0.25) is 5.02 Å². The summed E-state index contributed by atoms with van der Waals surface area (Å²) >= 11 is 9.65. The van der Waals surface area contributed by atoms with Crippen LogP contribution in [-0.4, -0.2) is 22.1 Å². The standard InChI is InChI=1S/C19H16ClN3O2S2/c20-14-9-11(3-4-12(14)17(21)24)22-18(25)16-13-5-8-26-10-15(13)27-19(16)23-6-1-2-7-23/h1-4,6-7,9H,5,8,10H2,(H2,21,24)(H,22,25). The number of hydrogen-bond acceptors (Lipinski definition) is 4. The highest BCUT2D eigenvalue weighted by Gasteiger charge is 2.26. The van der Waals surface area contributed by atoms with Gasteiger partial charge in [0.25, 0.3) is 5.91 Å². The van der Waals surface area contributed by atoms with E-state index < -0.39 is 5.91 Å². The fourth-order valence-corrected chi connectivity index (χ4v) is 5.81. The molecule has 0 fully saturated rings. The Labute approximate surface area is 169 Å². The van der Waals surface area contributed by atoms with E-state index in [-0.39, 0.29) is 16.5 Å². The van der Waals surface area contributed by atoms with Gasteiger partial charge in [0.2, 0.25) is 5.91 Å². The number of amides is 2. The number of carbonyl (C=O) groups is 2. The van der Waals surface area contributed by atoms with Crippen molar-refractivity contribution in [1.82, 2.24) is 4.57 Å². The van der Waals surface area contributed by atoms with Crippen LogP contribution in [0.1, 0.15) is 31.2 Å². The number of aromatic nitrogens is 1. The van der Waals surface area contributed by atoms with Crippen LogP contribution < -0.4 is 11.1 Å². The molecule has 3 heterocycles. The Morgan fingerprint density at radius 2 is 2.00 bits per heavy atom. The normalized spacial score (nSPS) is 13.2. The first kappa shape index (κ1) is 18.2. The monoisotopic (exact) mass is 417 g/mol. The van der Waals surface area contributed by atoms with Crippen LogP contribution in [-0.2, 0) is 12.2 Å². The van der Waals surface area contributed by atoms with Gasteiger partial charge in [-0.2, -0.15) is 11.8 Å². The van der Waals surface area contributed by atoms with Crippen molar-refractivity contribution in [3.63, 3.8) is 0 Å². The average Bonchev–Trinajstić information content (AvgIpc) is 3.28. The van der Waals surface area contributed by atoms with Gasteiger partial charge >= 0.3 is 0 Å². The second kappa shape index (κ2) is 7.42. The minimum atomic E-state index is -0.600. The number of carbonyl (C=O) groups excluding carboxylic acids is 2. The average molecular weight is 418 g/mol. The molecule has 0 radical (unpaired) electrons. The van der Waals surface area contributed by atoms with Gasteiger partial charge in [-0.3, -0.25) is 9.59 Å². The minimum absolute atomic E-state index is 0.175. The summed E-state index contributed by atoms with van der Waals surface area (Å²) in [6, 6.07) is 8.58. The lowest BCUT2D eigenvalue weighted by molar-refractivity contribution is 0.0998. The zero-order valence-electron chi connectivity index (χ0n) is 14.2. The number of hydrogen-bond donors (Lipinski definition) is 2. The summed E-state index contributed by atoms with van der Waals surface area (Å²) < 4.78 is 1.98. The Morgan fingerprint density at radius 1 is 1.22 bits per heavy atom. The SMILES string of the molecule is NC(=O)c1ccc(NC(=O)c2c(-n3cccc3)sc3c2CCSC3)cc1Cl. The third-order valence-corrected chi connectivity index (χ3v) is 7.09. The number of fused-ring (bicyclic) bond motifs is 1. The molecule has 0 saturated heterocycles. The molecular weight excluding hydrogens is 402 g/mol. The fraction of sp³-hybridized carbons (Fsp3) is 0.158. The number of anilines is 1. The molecule has 2 aromatic heterocycles. The third-order valence-electron chi connectivity index (χ3n) is 4.36. The van der Waals surface area contributed by atoms with Gasteiger partial charge in [-0.05, 0) is 48.1 Å². The van der Waals surface area contributed by atoms with Crippen molar-refractivity contribution in [2.45, 2.75) is 12.2 Å². The zero-order chi connectivity index (χ0) is 19.0. The fourth-order valence-electron chi connectivity index (χ4n) is 3.09. The molecule has 0 saturated carbocycles. The first-order valence-electron chi connectivity index (χ1n) is 8.31. The van der Waals surface area contributed by atoms with Gasteiger partial charge in [-0.15, -0.1) is 11.3 Å².